The summed E-state index contributed by atoms with van der Waals surface area (Å²) in [5, 5.41) is 2.64. The van der Waals surface area contributed by atoms with Gasteiger partial charge < -0.3 is 19.7 Å². The Labute approximate surface area is 138 Å². The van der Waals surface area contributed by atoms with E-state index < -0.39 is 18.6 Å². The highest BCUT2D eigenvalue weighted by Crippen LogP contribution is 2.31. The molecule has 1 aliphatic rings. The Bertz CT molecular complexity index is 574. The Morgan fingerprint density at radius 3 is 2.50 bits per heavy atom. The molecule has 1 N–H and O–H groups in total. The maximum absolute atomic E-state index is 12.5. The molecule has 5 nitrogen and oxygen atoms in total. The molecular weight excluding hydrogens is 325 g/mol. The first kappa shape index (κ1) is 18.2. The number of alkyl halides is 3. The second kappa shape index (κ2) is 7.63. The van der Waals surface area contributed by atoms with Gasteiger partial charge >= 0.3 is 12.2 Å². The zero-order valence-corrected chi connectivity index (χ0v) is 13.7. The molecule has 134 valence electrons. The number of rotatable bonds is 6. The standard InChI is InChI=1S/C16H21F3N2O3/c1-23-12-6-7-14(24-2)13(10-12)20-15(22)21(11-4-3-5-11)9-8-16(17,18)19/h6-7,10-11H,3-5,8-9H2,1-2H3,(H,20,22). The number of ether oxygens (including phenoxy) is 2. The predicted octanol–water partition coefficient (Wildman–Crippen LogP) is 4.04. The van der Waals surface area contributed by atoms with Crippen LogP contribution in [0, 0.1) is 0 Å². The van der Waals surface area contributed by atoms with Gasteiger partial charge in [-0.15, -0.1) is 0 Å². The summed E-state index contributed by atoms with van der Waals surface area (Å²) in [6, 6.07) is 4.15. The van der Waals surface area contributed by atoms with Crippen LogP contribution in [0.15, 0.2) is 18.2 Å². The van der Waals surface area contributed by atoms with Crippen LogP contribution in [0.3, 0.4) is 0 Å². The number of nitrogens with one attached hydrogen (secondary N) is 1. The smallest absolute Gasteiger partial charge is 0.390 e. The summed E-state index contributed by atoms with van der Waals surface area (Å²) in [5.74, 6) is 0.921. The Kier molecular flexibility index (Phi) is 5.80. The number of carbonyl (C=O) groups excluding carboxylic acids is 1. The summed E-state index contributed by atoms with van der Waals surface area (Å²) in [6.07, 6.45) is -2.95. The number of hydrogen-bond donors (Lipinski definition) is 1. The zero-order chi connectivity index (χ0) is 17.7. The van der Waals surface area contributed by atoms with Crippen LogP contribution in [0.5, 0.6) is 11.5 Å². The molecule has 0 spiro atoms. The molecule has 0 bridgehead atoms. The van der Waals surface area contributed by atoms with E-state index in [1.165, 1.54) is 19.1 Å². The van der Waals surface area contributed by atoms with E-state index in [1.54, 1.807) is 18.2 Å². The van der Waals surface area contributed by atoms with Crippen LogP contribution >= 0.6 is 0 Å². The van der Waals surface area contributed by atoms with Crippen molar-refractivity contribution >= 4 is 11.7 Å². The van der Waals surface area contributed by atoms with Gasteiger partial charge in [0.05, 0.1) is 26.3 Å². The van der Waals surface area contributed by atoms with Crippen LogP contribution < -0.4 is 14.8 Å². The van der Waals surface area contributed by atoms with Crippen LogP contribution in [-0.4, -0.2) is 43.9 Å². The third kappa shape index (κ3) is 4.69. The lowest BCUT2D eigenvalue weighted by Crippen LogP contribution is -2.47. The van der Waals surface area contributed by atoms with Gasteiger partial charge in [0, 0.05) is 18.7 Å². The van der Waals surface area contributed by atoms with Crippen LogP contribution in [0.2, 0.25) is 0 Å². The molecule has 0 heterocycles. The van der Waals surface area contributed by atoms with Gasteiger partial charge in [-0.05, 0) is 31.4 Å². The van der Waals surface area contributed by atoms with Gasteiger partial charge in [-0.1, -0.05) is 0 Å². The molecule has 1 aromatic carbocycles. The molecule has 1 aliphatic carbocycles. The lowest BCUT2D eigenvalue weighted by atomic mass is 9.91. The molecule has 24 heavy (non-hydrogen) atoms. The minimum absolute atomic E-state index is 0.149. The molecule has 0 unspecified atom stereocenters. The summed E-state index contributed by atoms with van der Waals surface area (Å²) in [5.41, 5.74) is 0.359. The summed E-state index contributed by atoms with van der Waals surface area (Å²) in [4.78, 5) is 13.7. The first-order valence-electron chi connectivity index (χ1n) is 7.70. The van der Waals surface area contributed by atoms with Gasteiger partial charge in [-0.2, -0.15) is 13.2 Å². The molecule has 0 atom stereocenters. The molecule has 8 heteroatoms. The largest absolute Gasteiger partial charge is 0.497 e. The molecule has 0 aliphatic heterocycles. The van der Waals surface area contributed by atoms with Crippen molar-refractivity contribution in [2.24, 2.45) is 0 Å². The minimum Gasteiger partial charge on any atom is -0.497 e. The Hall–Kier alpha value is -2.12. The number of halogens is 3. The Balaban J connectivity index is 2.12. The van der Waals surface area contributed by atoms with E-state index in [2.05, 4.69) is 5.32 Å². The van der Waals surface area contributed by atoms with Crippen LogP contribution in [0.25, 0.3) is 0 Å². The highest BCUT2D eigenvalue weighted by molar-refractivity contribution is 5.91. The van der Waals surface area contributed by atoms with Gasteiger partial charge in [-0.25, -0.2) is 4.79 Å². The second-order valence-corrected chi connectivity index (χ2v) is 5.64. The van der Waals surface area contributed by atoms with Crippen molar-refractivity contribution in [2.45, 2.75) is 37.9 Å². The summed E-state index contributed by atoms with van der Waals surface area (Å²) >= 11 is 0. The molecular formula is C16H21F3N2O3. The van der Waals surface area contributed by atoms with E-state index in [9.17, 15) is 18.0 Å². The van der Waals surface area contributed by atoms with Gasteiger partial charge in [0.2, 0.25) is 0 Å². The summed E-state index contributed by atoms with van der Waals surface area (Å²) in [7, 11) is 2.93. The van der Waals surface area contributed by atoms with Crippen molar-refractivity contribution in [1.82, 2.24) is 4.90 Å². The van der Waals surface area contributed by atoms with E-state index in [1.807, 2.05) is 0 Å². The molecule has 0 radical (unpaired) electrons. The van der Waals surface area contributed by atoms with Crippen molar-refractivity contribution < 1.29 is 27.4 Å². The predicted molar refractivity (Wildman–Crippen MR) is 83.6 cm³/mol. The van der Waals surface area contributed by atoms with Crippen LogP contribution in [0.1, 0.15) is 25.7 Å². The zero-order valence-electron chi connectivity index (χ0n) is 13.7. The van der Waals surface area contributed by atoms with Crippen LogP contribution in [-0.2, 0) is 0 Å². The van der Waals surface area contributed by atoms with E-state index in [4.69, 9.17) is 9.47 Å². The quantitative estimate of drug-likeness (QED) is 0.846. The van der Waals surface area contributed by atoms with Crippen molar-refractivity contribution in [3.63, 3.8) is 0 Å². The number of nitrogens with zero attached hydrogens (tertiary/aromatic N) is 1. The molecule has 2 rings (SSSR count). The number of anilines is 1. The Morgan fingerprint density at radius 2 is 2.00 bits per heavy atom. The van der Waals surface area contributed by atoms with Crippen molar-refractivity contribution in [3.05, 3.63) is 18.2 Å². The van der Waals surface area contributed by atoms with Crippen LogP contribution in [0.4, 0.5) is 23.7 Å². The van der Waals surface area contributed by atoms with Crippen molar-refractivity contribution in [2.75, 3.05) is 26.1 Å². The fraction of sp³-hybridized carbons (Fsp3) is 0.562. The first-order chi connectivity index (χ1) is 11.3. The molecule has 1 saturated carbocycles. The molecule has 2 amide bonds. The Morgan fingerprint density at radius 1 is 1.29 bits per heavy atom. The van der Waals surface area contributed by atoms with Gasteiger partial charge in [0.1, 0.15) is 11.5 Å². The number of carbonyl (C=O) groups is 1. The molecule has 0 saturated heterocycles. The van der Waals surface area contributed by atoms with Gasteiger partial charge in [0.25, 0.3) is 0 Å². The number of amides is 2. The normalized spacial score (nSPS) is 14.7. The second-order valence-electron chi connectivity index (χ2n) is 5.64. The summed E-state index contributed by atoms with van der Waals surface area (Å²) < 4.78 is 47.8. The third-order valence-corrected chi connectivity index (χ3v) is 4.06. The SMILES string of the molecule is COc1ccc(OC)c(NC(=O)N(CCC(F)(F)F)C2CCC2)c1. The van der Waals surface area contributed by atoms with Gasteiger partial charge in [0.15, 0.2) is 0 Å². The van der Waals surface area contributed by atoms with E-state index in [-0.39, 0.29) is 12.6 Å². The monoisotopic (exact) mass is 346 g/mol. The number of benzene rings is 1. The number of urea groups is 1. The fourth-order valence-corrected chi connectivity index (χ4v) is 2.49. The molecule has 1 fully saturated rings. The number of methoxy groups -OCH3 is 2. The fourth-order valence-electron chi connectivity index (χ4n) is 2.49. The summed E-state index contributed by atoms with van der Waals surface area (Å²) in [6.45, 7) is -0.355. The van der Waals surface area contributed by atoms with E-state index in [0.717, 1.165) is 19.3 Å². The first-order valence-corrected chi connectivity index (χ1v) is 7.70. The third-order valence-electron chi connectivity index (χ3n) is 4.06. The highest BCUT2D eigenvalue weighted by Gasteiger charge is 2.34. The lowest BCUT2D eigenvalue weighted by molar-refractivity contribution is -0.137. The average molecular weight is 346 g/mol. The highest BCUT2D eigenvalue weighted by atomic mass is 19.4. The van der Waals surface area contributed by atoms with Crippen molar-refractivity contribution in [3.8, 4) is 11.5 Å². The average Bonchev–Trinajstić information content (AvgIpc) is 2.48. The van der Waals surface area contributed by atoms with E-state index in [0.29, 0.717) is 17.2 Å². The minimum atomic E-state index is -4.30. The van der Waals surface area contributed by atoms with Gasteiger partial charge in [-0.3, -0.25) is 0 Å². The molecule has 0 aromatic heterocycles. The molecule has 1 aromatic rings. The lowest BCUT2D eigenvalue weighted by Gasteiger charge is -2.37. The van der Waals surface area contributed by atoms with E-state index >= 15 is 0 Å². The topological polar surface area (TPSA) is 50.8 Å². The number of hydrogen-bond acceptors (Lipinski definition) is 3. The van der Waals surface area contributed by atoms with Crippen molar-refractivity contribution in [1.29, 1.82) is 0 Å². The maximum Gasteiger partial charge on any atom is 0.390 e. The maximum atomic E-state index is 12.5.